The third-order valence-corrected chi connectivity index (χ3v) is 2.50. The highest BCUT2D eigenvalue weighted by molar-refractivity contribution is 5.77. The summed E-state index contributed by atoms with van der Waals surface area (Å²) >= 11 is 0. The molecule has 0 spiro atoms. The summed E-state index contributed by atoms with van der Waals surface area (Å²) in [5.41, 5.74) is 5.17. The van der Waals surface area contributed by atoms with Crippen LogP contribution in [0.15, 0.2) is 18.2 Å². The number of nitrogens with one attached hydrogen (secondary N) is 1. The van der Waals surface area contributed by atoms with Crippen LogP contribution in [-0.2, 0) is 4.79 Å². The van der Waals surface area contributed by atoms with Gasteiger partial charge in [0.1, 0.15) is 17.7 Å². The van der Waals surface area contributed by atoms with Crippen LogP contribution in [0, 0.1) is 11.6 Å². The Kier molecular flexibility index (Phi) is 5.51. The number of nitrogens with two attached hydrogens (primary N) is 1. The Bertz CT molecular complexity index is 413. The number of anilines is 1. The fourth-order valence-corrected chi connectivity index (χ4v) is 1.55. The minimum atomic E-state index is -1.10. The molecule has 0 heterocycles. The number of carboxylic acids is 1. The van der Waals surface area contributed by atoms with E-state index in [4.69, 9.17) is 10.8 Å². The monoisotopic (exact) mass is 258 g/mol. The van der Waals surface area contributed by atoms with Gasteiger partial charge in [-0.1, -0.05) is 0 Å². The van der Waals surface area contributed by atoms with Gasteiger partial charge < -0.3 is 16.2 Å². The Morgan fingerprint density at radius 2 is 2.11 bits per heavy atom. The van der Waals surface area contributed by atoms with Crippen molar-refractivity contribution in [2.45, 2.75) is 25.3 Å². The fourth-order valence-electron chi connectivity index (χ4n) is 1.55. The molecular weight excluding hydrogens is 242 g/mol. The van der Waals surface area contributed by atoms with Crippen LogP contribution >= 0.6 is 0 Å². The standard InChI is InChI=1S/C12H16F2N2O2/c13-8-4-5-9(14)11(7-8)16-10(12(17)18)3-1-2-6-15/h4-5,7,10,16H,1-3,6,15H2,(H,17,18)/t10-/m0/s1. The molecule has 1 atom stereocenters. The summed E-state index contributed by atoms with van der Waals surface area (Å²) in [5, 5.41) is 11.5. The highest BCUT2D eigenvalue weighted by atomic mass is 19.1. The van der Waals surface area contributed by atoms with Crippen molar-refractivity contribution in [1.82, 2.24) is 0 Å². The van der Waals surface area contributed by atoms with Gasteiger partial charge in [-0.2, -0.15) is 0 Å². The lowest BCUT2D eigenvalue weighted by atomic mass is 10.1. The molecule has 0 aliphatic heterocycles. The smallest absolute Gasteiger partial charge is 0.326 e. The topological polar surface area (TPSA) is 75.3 Å². The first kappa shape index (κ1) is 14.4. The third kappa shape index (κ3) is 4.29. The zero-order valence-electron chi connectivity index (χ0n) is 9.83. The summed E-state index contributed by atoms with van der Waals surface area (Å²) in [4.78, 5) is 11.0. The van der Waals surface area contributed by atoms with Crippen LogP contribution < -0.4 is 11.1 Å². The number of rotatable bonds is 7. The first-order chi connectivity index (χ1) is 8.54. The van der Waals surface area contributed by atoms with E-state index in [1.54, 1.807) is 0 Å². The molecular formula is C12H16F2N2O2. The van der Waals surface area contributed by atoms with Crippen LogP contribution in [0.25, 0.3) is 0 Å². The SMILES string of the molecule is NCCCC[C@H](Nc1cc(F)ccc1F)C(=O)O. The number of hydrogen-bond donors (Lipinski definition) is 3. The molecule has 0 unspecified atom stereocenters. The molecule has 4 nitrogen and oxygen atoms in total. The van der Waals surface area contributed by atoms with Gasteiger partial charge in [0.25, 0.3) is 0 Å². The molecule has 100 valence electrons. The van der Waals surface area contributed by atoms with Crippen molar-refractivity contribution in [3.05, 3.63) is 29.8 Å². The van der Waals surface area contributed by atoms with Gasteiger partial charge in [-0.3, -0.25) is 0 Å². The molecule has 0 amide bonds. The average Bonchev–Trinajstić information content (AvgIpc) is 2.32. The molecule has 0 saturated carbocycles. The molecule has 18 heavy (non-hydrogen) atoms. The van der Waals surface area contributed by atoms with Crippen molar-refractivity contribution in [2.24, 2.45) is 5.73 Å². The van der Waals surface area contributed by atoms with Crippen LogP contribution in [0.5, 0.6) is 0 Å². The molecule has 0 radical (unpaired) electrons. The molecule has 0 aliphatic rings. The van der Waals surface area contributed by atoms with Crippen molar-refractivity contribution in [2.75, 3.05) is 11.9 Å². The minimum Gasteiger partial charge on any atom is -0.480 e. The van der Waals surface area contributed by atoms with E-state index >= 15 is 0 Å². The highest BCUT2D eigenvalue weighted by Gasteiger charge is 2.18. The molecule has 0 aliphatic carbocycles. The number of unbranched alkanes of at least 4 members (excludes halogenated alkanes) is 1. The third-order valence-electron chi connectivity index (χ3n) is 2.50. The molecule has 4 N–H and O–H groups in total. The van der Waals surface area contributed by atoms with Gasteiger partial charge in [0, 0.05) is 0 Å². The van der Waals surface area contributed by atoms with Gasteiger partial charge >= 0.3 is 5.97 Å². The Morgan fingerprint density at radius 3 is 2.72 bits per heavy atom. The van der Waals surface area contributed by atoms with Gasteiger partial charge in [-0.05, 0) is 44.0 Å². The molecule has 0 fully saturated rings. The molecule has 6 heteroatoms. The van der Waals surface area contributed by atoms with Crippen molar-refractivity contribution in [3.8, 4) is 0 Å². The van der Waals surface area contributed by atoms with Crippen LogP contribution in [-0.4, -0.2) is 23.7 Å². The number of hydrogen-bond acceptors (Lipinski definition) is 3. The van der Waals surface area contributed by atoms with Crippen LogP contribution in [0.3, 0.4) is 0 Å². The van der Waals surface area contributed by atoms with Gasteiger partial charge in [-0.15, -0.1) is 0 Å². The number of carbonyl (C=O) groups is 1. The van der Waals surface area contributed by atoms with Gasteiger partial charge in [0.05, 0.1) is 5.69 Å². The lowest BCUT2D eigenvalue weighted by Gasteiger charge is -2.16. The zero-order valence-corrected chi connectivity index (χ0v) is 9.83. The van der Waals surface area contributed by atoms with E-state index in [1.807, 2.05) is 0 Å². The van der Waals surface area contributed by atoms with E-state index in [-0.39, 0.29) is 5.69 Å². The second-order valence-corrected chi connectivity index (χ2v) is 3.94. The van der Waals surface area contributed by atoms with E-state index in [0.29, 0.717) is 25.8 Å². The molecule has 1 aromatic carbocycles. The van der Waals surface area contributed by atoms with E-state index in [2.05, 4.69) is 5.32 Å². The van der Waals surface area contributed by atoms with Gasteiger partial charge in [0.2, 0.25) is 0 Å². The molecule has 0 bridgehead atoms. The molecule has 1 rings (SSSR count). The Balaban J connectivity index is 2.70. The normalized spacial score (nSPS) is 12.2. The summed E-state index contributed by atoms with van der Waals surface area (Å²) < 4.78 is 26.3. The maximum atomic E-state index is 13.3. The summed E-state index contributed by atoms with van der Waals surface area (Å²) in [6, 6.07) is 1.92. The highest BCUT2D eigenvalue weighted by Crippen LogP contribution is 2.17. The Hall–Kier alpha value is -1.69. The number of aliphatic carboxylic acids is 1. The predicted octanol–water partition coefficient (Wildman–Crippen LogP) is 1.96. The maximum absolute atomic E-state index is 13.3. The molecule has 1 aromatic rings. The predicted molar refractivity (Wildman–Crippen MR) is 64.3 cm³/mol. The first-order valence-corrected chi connectivity index (χ1v) is 5.69. The van der Waals surface area contributed by atoms with Crippen molar-refractivity contribution in [3.63, 3.8) is 0 Å². The Labute approximate surface area is 104 Å². The first-order valence-electron chi connectivity index (χ1n) is 5.69. The van der Waals surface area contributed by atoms with Crippen molar-refractivity contribution >= 4 is 11.7 Å². The largest absolute Gasteiger partial charge is 0.480 e. The Morgan fingerprint density at radius 1 is 1.39 bits per heavy atom. The summed E-state index contributed by atoms with van der Waals surface area (Å²) in [6.45, 7) is 0.473. The van der Waals surface area contributed by atoms with Crippen molar-refractivity contribution < 1.29 is 18.7 Å². The summed E-state index contributed by atoms with van der Waals surface area (Å²) in [6.07, 6.45) is 1.61. The summed E-state index contributed by atoms with van der Waals surface area (Å²) in [5.74, 6) is -2.40. The van der Waals surface area contributed by atoms with Crippen LogP contribution in [0.2, 0.25) is 0 Å². The van der Waals surface area contributed by atoms with Gasteiger partial charge in [0.15, 0.2) is 0 Å². The quantitative estimate of drug-likeness (QED) is 0.653. The van der Waals surface area contributed by atoms with Gasteiger partial charge in [-0.25, -0.2) is 13.6 Å². The minimum absolute atomic E-state index is 0.143. The lowest BCUT2D eigenvalue weighted by molar-refractivity contribution is -0.138. The fraction of sp³-hybridized carbons (Fsp3) is 0.417. The maximum Gasteiger partial charge on any atom is 0.326 e. The van der Waals surface area contributed by atoms with Crippen LogP contribution in [0.1, 0.15) is 19.3 Å². The van der Waals surface area contributed by atoms with Crippen LogP contribution in [0.4, 0.5) is 14.5 Å². The number of carboxylic acid groups (broad SMARTS) is 1. The molecule has 0 saturated heterocycles. The lowest BCUT2D eigenvalue weighted by Crippen LogP contribution is -2.29. The second kappa shape index (κ2) is 6.90. The van der Waals surface area contributed by atoms with E-state index < -0.39 is 23.6 Å². The zero-order chi connectivity index (χ0) is 13.5. The van der Waals surface area contributed by atoms with E-state index in [9.17, 15) is 13.6 Å². The molecule has 0 aromatic heterocycles. The summed E-state index contributed by atoms with van der Waals surface area (Å²) in [7, 11) is 0. The van der Waals surface area contributed by atoms with Crippen molar-refractivity contribution in [1.29, 1.82) is 0 Å². The number of benzene rings is 1. The number of halogens is 2. The van der Waals surface area contributed by atoms with E-state index in [1.165, 1.54) is 0 Å². The van der Waals surface area contributed by atoms with E-state index in [0.717, 1.165) is 18.2 Å². The second-order valence-electron chi connectivity index (χ2n) is 3.94. The average molecular weight is 258 g/mol.